The normalized spacial score (nSPS) is 15.5. The van der Waals surface area contributed by atoms with Crippen molar-refractivity contribution in [1.29, 1.82) is 0 Å². The van der Waals surface area contributed by atoms with E-state index in [0.29, 0.717) is 23.8 Å². The average molecular weight is 413 g/mol. The Hall–Kier alpha value is -2.90. The van der Waals surface area contributed by atoms with Crippen LogP contribution in [-0.2, 0) is 9.53 Å². The van der Waals surface area contributed by atoms with Crippen LogP contribution < -0.4 is 10.2 Å². The Morgan fingerprint density at radius 2 is 1.83 bits per heavy atom. The lowest BCUT2D eigenvalue weighted by atomic mass is 9.95. The second kappa shape index (κ2) is 10.2. The summed E-state index contributed by atoms with van der Waals surface area (Å²) in [5, 5.41) is 15.0. The summed E-state index contributed by atoms with van der Waals surface area (Å²) in [5.41, 5.74) is 3.27. The van der Waals surface area contributed by atoms with Gasteiger partial charge in [-0.1, -0.05) is 56.3 Å². The van der Waals surface area contributed by atoms with Gasteiger partial charge in [0.05, 0.1) is 12.2 Å². The molecule has 30 heavy (non-hydrogen) atoms. The molecule has 0 fully saturated rings. The topological polar surface area (TPSA) is 85.2 Å². The van der Waals surface area contributed by atoms with Crippen molar-refractivity contribution in [3.8, 4) is 0 Å². The van der Waals surface area contributed by atoms with Crippen molar-refractivity contribution >= 4 is 17.6 Å². The van der Waals surface area contributed by atoms with Crippen LogP contribution in [0, 0.1) is 0 Å². The van der Waals surface area contributed by atoms with E-state index in [2.05, 4.69) is 27.8 Å². The van der Waals surface area contributed by atoms with Crippen LogP contribution in [-0.4, -0.2) is 46.9 Å². The average Bonchev–Trinajstić information content (AvgIpc) is 3.20. The Bertz CT molecular complexity index is 872. The van der Waals surface area contributed by atoms with Gasteiger partial charge >= 0.3 is 5.97 Å². The highest BCUT2D eigenvalue weighted by atomic mass is 16.5. The molecule has 0 bridgehead atoms. The summed E-state index contributed by atoms with van der Waals surface area (Å²) in [4.78, 5) is 15.1. The second-order valence-electron chi connectivity index (χ2n) is 7.90. The molecule has 0 spiro atoms. The van der Waals surface area contributed by atoms with Crippen molar-refractivity contribution in [2.24, 2.45) is 0 Å². The van der Waals surface area contributed by atoms with Crippen molar-refractivity contribution in [2.45, 2.75) is 58.4 Å². The van der Waals surface area contributed by atoms with Crippen molar-refractivity contribution in [2.75, 3.05) is 30.9 Å². The molecule has 0 radical (unpaired) electrons. The minimum atomic E-state index is -0.426. The first kappa shape index (κ1) is 21.8. The number of carbonyl (C=O) groups is 1. The van der Waals surface area contributed by atoms with Crippen LogP contribution in [0.2, 0.25) is 0 Å². The SMILES string of the molecule is CCCCCCCCOC(=O)C1=C(C)Nc2nnnn2[C@@H]1c1ccc(N(C)C)cc1. The van der Waals surface area contributed by atoms with Crippen LogP contribution in [0.15, 0.2) is 35.5 Å². The number of unbranched alkanes of at least 4 members (excludes halogenated alkanes) is 5. The van der Waals surface area contributed by atoms with Crippen LogP contribution in [0.5, 0.6) is 0 Å². The molecular weight excluding hydrogens is 380 g/mol. The summed E-state index contributed by atoms with van der Waals surface area (Å²) >= 11 is 0. The number of anilines is 2. The van der Waals surface area contributed by atoms with E-state index in [1.165, 1.54) is 25.7 Å². The molecule has 2 heterocycles. The zero-order chi connectivity index (χ0) is 21.5. The van der Waals surface area contributed by atoms with E-state index >= 15 is 0 Å². The summed E-state index contributed by atoms with van der Waals surface area (Å²) in [5.74, 6) is 0.193. The van der Waals surface area contributed by atoms with Gasteiger partial charge in [-0.3, -0.25) is 0 Å². The predicted molar refractivity (Wildman–Crippen MR) is 117 cm³/mol. The zero-order valence-corrected chi connectivity index (χ0v) is 18.4. The summed E-state index contributed by atoms with van der Waals surface area (Å²) in [6.45, 7) is 4.49. The van der Waals surface area contributed by atoms with Gasteiger partial charge in [-0.2, -0.15) is 4.68 Å². The van der Waals surface area contributed by atoms with Gasteiger partial charge in [-0.05, 0) is 41.5 Å². The largest absolute Gasteiger partial charge is 0.462 e. The maximum absolute atomic E-state index is 13.0. The van der Waals surface area contributed by atoms with E-state index in [9.17, 15) is 4.79 Å². The molecule has 1 aliphatic heterocycles. The van der Waals surface area contributed by atoms with Gasteiger partial charge in [0, 0.05) is 25.5 Å². The molecule has 1 aliphatic rings. The lowest BCUT2D eigenvalue weighted by Gasteiger charge is -2.27. The van der Waals surface area contributed by atoms with Crippen molar-refractivity contribution < 1.29 is 9.53 Å². The van der Waals surface area contributed by atoms with Gasteiger partial charge in [0.1, 0.15) is 6.04 Å². The fourth-order valence-electron chi connectivity index (χ4n) is 3.66. The van der Waals surface area contributed by atoms with Gasteiger partial charge < -0.3 is 15.0 Å². The third-order valence-corrected chi connectivity index (χ3v) is 5.39. The molecule has 0 saturated carbocycles. The first-order chi connectivity index (χ1) is 14.5. The number of nitrogens with one attached hydrogen (secondary N) is 1. The number of nitrogens with zero attached hydrogens (tertiary/aromatic N) is 5. The first-order valence-electron chi connectivity index (χ1n) is 10.7. The Morgan fingerprint density at radius 3 is 2.53 bits per heavy atom. The Kier molecular flexibility index (Phi) is 7.43. The number of hydrogen-bond donors (Lipinski definition) is 1. The first-order valence-corrected chi connectivity index (χ1v) is 10.7. The maximum Gasteiger partial charge on any atom is 0.338 e. The van der Waals surface area contributed by atoms with E-state index in [-0.39, 0.29) is 5.97 Å². The molecule has 0 aliphatic carbocycles. The van der Waals surface area contributed by atoms with E-state index in [1.807, 2.05) is 50.2 Å². The second-order valence-corrected chi connectivity index (χ2v) is 7.90. The Morgan fingerprint density at radius 1 is 1.13 bits per heavy atom. The lowest BCUT2D eigenvalue weighted by molar-refractivity contribution is -0.139. The smallest absolute Gasteiger partial charge is 0.338 e. The molecule has 2 aromatic rings. The monoisotopic (exact) mass is 412 g/mol. The quantitative estimate of drug-likeness (QED) is 0.467. The van der Waals surface area contributed by atoms with E-state index < -0.39 is 6.04 Å². The van der Waals surface area contributed by atoms with Gasteiger partial charge in [0.15, 0.2) is 0 Å². The number of ether oxygens (including phenoxy) is 1. The number of carbonyl (C=O) groups excluding carboxylic acids is 1. The standard InChI is InChI=1S/C22H32N6O2/c1-5-6-7-8-9-10-15-30-21(29)19-16(2)23-22-24-25-26-28(22)20(19)17-11-13-18(14-12-17)27(3)4/h11-14,20H,5-10,15H2,1-4H3,(H,23,24,26)/t20-/m1/s1. The Balaban J connectivity index is 1.74. The predicted octanol–water partition coefficient (Wildman–Crippen LogP) is 3.93. The lowest BCUT2D eigenvalue weighted by Crippen LogP contribution is -2.30. The molecule has 0 saturated heterocycles. The fourth-order valence-corrected chi connectivity index (χ4v) is 3.66. The van der Waals surface area contributed by atoms with Crippen molar-refractivity contribution in [3.05, 3.63) is 41.1 Å². The molecule has 0 unspecified atom stereocenters. The highest BCUT2D eigenvalue weighted by molar-refractivity contribution is 5.92. The van der Waals surface area contributed by atoms with Crippen molar-refractivity contribution in [3.63, 3.8) is 0 Å². The highest BCUT2D eigenvalue weighted by Gasteiger charge is 2.34. The molecule has 1 aromatic carbocycles. The third kappa shape index (κ3) is 4.98. The number of benzene rings is 1. The number of tetrazole rings is 1. The van der Waals surface area contributed by atoms with Crippen molar-refractivity contribution in [1.82, 2.24) is 20.2 Å². The molecule has 1 aromatic heterocycles. The molecule has 8 nitrogen and oxygen atoms in total. The van der Waals surface area contributed by atoms with Crippen LogP contribution in [0.1, 0.15) is 64.0 Å². The summed E-state index contributed by atoms with van der Waals surface area (Å²) in [7, 11) is 3.99. The molecule has 8 heteroatoms. The zero-order valence-electron chi connectivity index (χ0n) is 18.4. The maximum atomic E-state index is 13.0. The van der Waals surface area contributed by atoms with E-state index in [1.54, 1.807) is 4.68 Å². The van der Waals surface area contributed by atoms with Gasteiger partial charge in [0.25, 0.3) is 0 Å². The molecule has 1 N–H and O–H groups in total. The number of hydrogen-bond acceptors (Lipinski definition) is 7. The molecule has 0 amide bonds. The number of fused-ring (bicyclic) bond motifs is 1. The highest BCUT2D eigenvalue weighted by Crippen LogP contribution is 2.35. The summed E-state index contributed by atoms with van der Waals surface area (Å²) < 4.78 is 7.27. The van der Waals surface area contributed by atoms with E-state index in [0.717, 1.165) is 24.1 Å². The van der Waals surface area contributed by atoms with Crippen LogP contribution in [0.25, 0.3) is 0 Å². The van der Waals surface area contributed by atoms with E-state index in [4.69, 9.17) is 4.74 Å². The van der Waals surface area contributed by atoms with Crippen LogP contribution in [0.4, 0.5) is 11.6 Å². The van der Waals surface area contributed by atoms with Gasteiger partial charge in [0.2, 0.25) is 5.95 Å². The summed E-state index contributed by atoms with van der Waals surface area (Å²) in [6, 6.07) is 7.63. The minimum absolute atomic E-state index is 0.323. The molecular formula is C22H32N6O2. The third-order valence-electron chi connectivity index (χ3n) is 5.39. The Labute approximate surface area is 178 Å². The number of esters is 1. The number of rotatable bonds is 10. The molecule has 1 atom stereocenters. The molecule has 162 valence electrons. The van der Waals surface area contributed by atoms with Crippen LogP contribution in [0.3, 0.4) is 0 Å². The van der Waals surface area contributed by atoms with Gasteiger partial charge in [-0.25, -0.2) is 4.79 Å². The fraction of sp³-hybridized carbons (Fsp3) is 0.545. The van der Waals surface area contributed by atoms with Gasteiger partial charge in [-0.15, -0.1) is 0 Å². The number of allylic oxidation sites excluding steroid dienone is 1. The number of aromatic nitrogens is 4. The molecule has 3 rings (SSSR count). The minimum Gasteiger partial charge on any atom is -0.462 e. The summed E-state index contributed by atoms with van der Waals surface area (Å²) in [6.07, 6.45) is 6.88. The van der Waals surface area contributed by atoms with Crippen LogP contribution >= 0.6 is 0 Å².